The van der Waals surface area contributed by atoms with Crippen molar-refractivity contribution < 1.29 is 14.2 Å². The Morgan fingerprint density at radius 3 is 2.23 bits per heavy atom. The minimum atomic E-state index is 0.372. The Balaban J connectivity index is 1.74. The molecule has 0 unspecified atom stereocenters. The Labute approximate surface area is 181 Å². The molecule has 0 aliphatic rings. The maximum Gasteiger partial charge on any atom is 0.203 e. The molecule has 0 saturated carbocycles. The summed E-state index contributed by atoms with van der Waals surface area (Å²) in [6, 6.07) is 15.7. The van der Waals surface area contributed by atoms with Crippen molar-refractivity contribution in [3.63, 3.8) is 0 Å². The first-order valence-corrected chi connectivity index (χ1v) is 9.81. The summed E-state index contributed by atoms with van der Waals surface area (Å²) < 4.78 is 16.1. The molecule has 0 amide bonds. The summed E-state index contributed by atoms with van der Waals surface area (Å²) in [6.45, 7) is 0.743. The van der Waals surface area contributed by atoms with E-state index in [0.717, 1.165) is 18.5 Å². The molecule has 156 valence electrons. The van der Waals surface area contributed by atoms with Gasteiger partial charge in [-0.1, -0.05) is 48.0 Å². The summed E-state index contributed by atoms with van der Waals surface area (Å²) in [5, 5.41) is 3.67. The molecule has 6 nitrogen and oxygen atoms in total. The van der Waals surface area contributed by atoms with Crippen molar-refractivity contribution >= 4 is 29.6 Å². The van der Waals surface area contributed by atoms with Gasteiger partial charge in [0.2, 0.25) is 5.75 Å². The third kappa shape index (κ3) is 5.64. The predicted octanol–water partition coefficient (Wildman–Crippen LogP) is 4.98. The largest absolute Gasteiger partial charge is 0.493 e. The Morgan fingerprint density at radius 2 is 1.60 bits per heavy atom. The number of rotatable bonds is 9. The smallest absolute Gasteiger partial charge is 0.203 e. The topological polar surface area (TPSA) is 65.5 Å². The summed E-state index contributed by atoms with van der Waals surface area (Å²) >= 11 is 6.18. The normalized spacial score (nSPS) is 10.8. The molecule has 0 bridgehead atoms. The molecule has 3 rings (SSSR count). The SMILES string of the molecule is COc1cc(/C=C/c2nc(Cl)cc(NCCc3ccccc3)n2)cc(OC)c1OC. The van der Waals surface area contributed by atoms with Crippen LogP contribution < -0.4 is 19.5 Å². The van der Waals surface area contributed by atoms with Gasteiger partial charge in [0.15, 0.2) is 17.3 Å². The Bertz CT molecular complexity index is 985. The van der Waals surface area contributed by atoms with Crippen LogP contribution in [0.25, 0.3) is 12.2 Å². The average Bonchev–Trinajstić information content (AvgIpc) is 2.77. The number of benzene rings is 2. The van der Waals surface area contributed by atoms with Crippen LogP contribution in [0.5, 0.6) is 17.2 Å². The van der Waals surface area contributed by atoms with Crippen LogP contribution in [0.15, 0.2) is 48.5 Å². The van der Waals surface area contributed by atoms with E-state index in [1.807, 2.05) is 36.4 Å². The molecular weight excluding hydrogens is 402 g/mol. The van der Waals surface area contributed by atoms with E-state index in [1.54, 1.807) is 33.5 Å². The lowest BCUT2D eigenvalue weighted by Crippen LogP contribution is -2.07. The van der Waals surface area contributed by atoms with Gasteiger partial charge in [-0.25, -0.2) is 9.97 Å². The van der Waals surface area contributed by atoms with E-state index in [1.165, 1.54) is 5.56 Å². The van der Waals surface area contributed by atoms with E-state index >= 15 is 0 Å². The van der Waals surface area contributed by atoms with Gasteiger partial charge in [0.1, 0.15) is 11.0 Å². The number of halogens is 1. The van der Waals surface area contributed by atoms with Crippen molar-refractivity contribution in [2.45, 2.75) is 6.42 Å². The maximum absolute atomic E-state index is 6.18. The zero-order valence-corrected chi connectivity index (χ0v) is 17.9. The van der Waals surface area contributed by atoms with Crippen molar-refractivity contribution in [1.29, 1.82) is 0 Å². The van der Waals surface area contributed by atoms with E-state index < -0.39 is 0 Å². The van der Waals surface area contributed by atoms with Crippen LogP contribution in [0.3, 0.4) is 0 Å². The van der Waals surface area contributed by atoms with Gasteiger partial charge in [0.05, 0.1) is 21.3 Å². The van der Waals surface area contributed by atoms with Crippen molar-refractivity contribution in [2.24, 2.45) is 0 Å². The fraction of sp³-hybridized carbons (Fsp3) is 0.217. The van der Waals surface area contributed by atoms with Crippen LogP contribution in [0, 0.1) is 0 Å². The summed E-state index contributed by atoms with van der Waals surface area (Å²) in [5.41, 5.74) is 2.11. The van der Waals surface area contributed by atoms with E-state index in [0.29, 0.717) is 34.0 Å². The lowest BCUT2D eigenvalue weighted by molar-refractivity contribution is 0.324. The maximum atomic E-state index is 6.18. The molecule has 7 heteroatoms. The molecular formula is C23H24ClN3O3. The average molecular weight is 426 g/mol. The molecule has 0 aliphatic heterocycles. The van der Waals surface area contributed by atoms with Gasteiger partial charge < -0.3 is 19.5 Å². The number of nitrogens with zero attached hydrogens (tertiary/aromatic N) is 2. The number of ether oxygens (including phenoxy) is 3. The molecule has 1 N–H and O–H groups in total. The first-order chi connectivity index (χ1) is 14.6. The highest BCUT2D eigenvalue weighted by Gasteiger charge is 2.12. The Kier molecular flexibility index (Phi) is 7.51. The third-order valence-electron chi connectivity index (χ3n) is 4.39. The molecule has 2 aromatic carbocycles. The van der Waals surface area contributed by atoms with Crippen LogP contribution in [0.2, 0.25) is 5.15 Å². The molecule has 0 fully saturated rings. The summed E-state index contributed by atoms with van der Waals surface area (Å²) in [6.07, 6.45) is 4.54. The zero-order chi connectivity index (χ0) is 21.3. The van der Waals surface area contributed by atoms with Crippen molar-refractivity contribution in [2.75, 3.05) is 33.2 Å². The van der Waals surface area contributed by atoms with Gasteiger partial charge >= 0.3 is 0 Å². The van der Waals surface area contributed by atoms with Gasteiger partial charge in [-0.2, -0.15) is 0 Å². The minimum absolute atomic E-state index is 0.372. The first-order valence-electron chi connectivity index (χ1n) is 9.43. The van der Waals surface area contributed by atoms with Crippen molar-refractivity contribution in [1.82, 2.24) is 9.97 Å². The molecule has 0 spiro atoms. The summed E-state index contributed by atoms with van der Waals surface area (Å²) in [4.78, 5) is 8.79. The second-order valence-electron chi connectivity index (χ2n) is 6.39. The second kappa shape index (κ2) is 10.5. The molecule has 1 heterocycles. The number of nitrogens with one attached hydrogen (secondary N) is 1. The quantitative estimate of drug-likeness (QED) is 0.488. The van der Waals surface area contributed by atoms with Gasteiger partial charge in [-0.3, -0.25) is 0 Å². The monoisotopic (exact) mass is 425 g/mol. The number of hydrogen-bond donors (Lipinski definition) is 1. The summed E-state index contributed by atoms with van der Waals surface area (Å²) in [7, 11) is 4.73. The highest BCUT2D eigenvalue weighted by molar-refractivity contribution is 6.29. The first kappa shape index (κ1) is 21.5. The van der Waals surface area contributed by atoms with Crippen molar-refractivity contribution in [3.8, 4) is 17.2 Å². The van der Waals surface area contributed by atoms with Gasteiger partial charge in [0.25, 0.3) is 0 Å². The number of anilines is 1. The fourth-order valence-corrected chi connectivity index (χ4v) is 3.14. The Morgan fingerprint density at radius 1 is 0.900 bits per heavy atom. The molecule has 0 atom stereocenters. The molecule has 1 aromatic heterocycles. The number of aromatic nitrogens is 2. The molecule has 30 heavy (non-hydrogen) atoms. The van der Waals surface area contributed by atoms with E-state index in [-0.39, 0.29) is 0 Å². The van der Waals surface area contributed by atoms with Gasteiger partial charge in [-0.15, -0.1) is 0 Å². The van der Waals surface area contributed by atoms with E-state index in [4.69, 9.17) is 25.8 Å². The molecule has 0 aliphatic carbocycles. The molecule has 0 radical (unpaired) electrons. The van der Waals surface area contributed by atoms with Gasteiger partial charge in [0, 0.05) is 12.6 Å². The predicted molar refractivity (Wildman–Crippen MR) is 121 cm³/mol. The third-order valence-corrected chi connectivity index (χ3v) is 4.58. The second-order valence-corrected chi connectivity index (χ2v) is 6.78. The van der Waals surface area contributed by atoms with E-state index in [2.05, 4.69) is 27.4 Å². The van der Waals surface area contributed by atoms with E-state index in [9.17, 15) is 0 Å². The molecule has 3 aromatic rings. The molecule has 0 saturated heterocycles. The number of methoxy groups -OCH3 is 3. The highest BCUT2D eigenvalue weighted by atomic mass is 35.5. The fourth-order valence-electron chi connectivity index (χ4n) is 2.95. The minimum Gasteiger partial charge on any atom is -0.493 e. The van der Waals surface area contributed by atoms with Crippen LogP contribution in [-0.4, -0.2) is 37.8 Å². The lowest BCUT2D eigenvalue weighted by Gasteiger charge is -2.12. The van der Waals surface area contributed by atoms with Crippen LogP contribution in [0.4, 0.5) is 5.82 Å². The van der Waals surface area contributed by atoms with Gasteiger partial charge in [-0.05, 0) is 35.8 Å². The summed E-state index contributed by atoms with van der Waals surface area (Å²) in [5.74, 6) is 2.87. The van der Waals surface area contributed by atoms with Crippen LogP contribution >= 0.6 is 11.6 Å². The lowest BCUT2D eigenvalue weighted by atomic mass is 10.1. The number of hydrogen-bond acceptors (Lipinski definition) is 6. The van der Waals surface area contributed by atoms with Crippen LogP contribution in [-0.2, 0) is 6.42 Å². The van der Waals surface area contributed by atoms with Crippen LogP contribution in [0.1, 0.15) is 17.0 Å². The Hall–Kier alpha value is -3.25. The standard InChI is InChI=1S/C23H24ClN3O3/c1-28-18-13-17(14-19(29-2)23(18)30-3)9-10-21-26-20(24)15-22(27-21)25-12-11-16-7-5-4-6-8-16/h4-10,13-15H,11-12H2,1-3H3,(H,25,26,27)/b10-9+. The highest BCUT2D eigenvalue weighted by Crippen LogP contribution is 2.38. The van der Waals surface area contributed by atoms with Crippen molar-refractivity contribution in [3.05, 3.63) is 70.6 Å². The zero-order valence-electron chi connectivity index (χ0n) is 17.2.